The summed E-state index contributed by atoms with van der Waals surface area (Å²) in [5.41, 5.74) is 9.12. The average molecular weight is 271 g/mol. The molecule has 2 N–H and O–H groups in total. The zero-order valence-corrected chi connectivity index (χ0v) is 12.4. The van der Waals surface area contributed by atoms with Crippen molar-refractivity contribution in [3.8, 4) is 0 Å². The fourth-order valence-electron chi connectivity index (χ4n) is 1.69. The molecular weight excluding hydrogens is 249 g/mol. The predicted molar refractivity (Wildman–Crippen MR) is 73.7 cm³/mol. The highest BCUT2D eigenvalue weighted by atomic mass is 31.2. The van der Waals surface area contributed by atoms with Gasteiger partial charge in [0, 0.05) is 0 Å². The van der Waals surface area contributed by atoms with Gasteiger partial charge >= 0.3 is 7.60 Å². The van der Waals surface area contributed by atoms with Crippen molar-refractivity contribution in [3.05, 3.63) is 34.9 Å². The minimum atomic E-state index is -3.29. The van der Waals surface area contributed by atoms with Gasteiger partial charge in [-0.2, -0.15) is 0 Å². The summed E-state index contributed by atoms with van der Waals surface area (Å²) in [5, 5.41) is 0. The Hall–Kier alpha value is -0.670. The molecule has 18 heavy (non-hydrogen) atoms. The lowest BCUT2D eigenvalue weighted by molar-refractivity contribution is 0.212. The van der Waals surface area contributed by atoms with Crippen LogP contribution in [0, 0.1) is 13.8 Å². The largest absolute Gasteiger partial charge is 0.351 e. The number of nitrogens with two attached hydrogens (primary N) is 1. The fraction of sp³-hybridized carbons (Fsp3) is 0.538. The molecule has 0 aromatic heterocycles. The Kier molecular flexibility index (Phi) is 5.54. The van der Waals surface area contributed by atoms with Crippen LogP contribution in [0.15, 0.2) is 18.2 Å². The number of benzene rings is 1. The second-order valence-corrected chi connectivity index (χ2v) is 6.32. The molecule has 0 saturated carbocycles. The van der Waals surface area contributed by atoms with Gasteiger partial charge in [0.05, 0.1) is 13.2 Å². The topological polar surface area (TPSA) is 61.5 Å². The lowest BCUT2D eigenvalue weighted by atomic mass is 10.1. The first-order valence-corrected chi connectivity index (χ1v) is 7.77. The van der Waals surface area contributed by atoms with Crippen molar-refractivity contribution in [1.29, 1.82) is 0 Å². The fourth-order valence-corrected chi connectivity index (χ4v) is 3.33. The molecule has 0 fully saturated rings. The van der Waals surface area contributed by atoms with Crippen molar-refractivity contribution in [2.24, 2.45) is 5.73 Å². The third-order valence-electron chi connectivity index (χ3n) is 2.83. The average Bonchev–Trinajstić information content (AvgIpc) is 2.32. The molecule has 0 amide bonds. The van der Waals surface area contributed by atoms with Gasteiger partial charge in [-0.05, 0) is 44.4 Å². The predicted octanol–water partition coefficient (Wildman–Crippen LogP) is 3.53. The smallest absolute Gasteiger partial charge is 0.314 e. The van der Waals surface area contributed by atoms with Gasteiger partial charge in [0.2, 0.25) is 0 Å². The van der Waals surface area contributed by atoms with E-state index in [0.717, 1.165) is 11.1 Å². The summed E-state index contributed by atoms with van der Waals surface area (Å²) in [6, 6.07) is 5.77. The Morgan fingerprint density at radius 2 is 1.72 bits per heavy atom. The second kappa shape index (κ2) is 6.48. The highest BCUT2D eigenvalue weighted by Crippen LogP contribution is 2.58. The quantitative estimate of drug-likeness (QED) is 0.804. The Balaban J connectivity index is 3.05. The van der Waals surface area contributed by atoms with Crippen molar-refractivity contribution >= 4 is 7.60 Å². The van der Waals surface area contributed by atoms with Crippen molar-refractivity contribution in [1.82, 2.24) is 0 Å². The van der Waals surface area contributed by atoms with Crippen LogP contribution in [0.3, 0.4) is 0 Å². The SMILES string of the molecule is CCOP(=O)(OCC)[C@@H](N)c1ccc(C)c(C)c1. The van der Waals surface area contributed by atoms with E-state index in [4.69, 9.17) is 14.8 Å². The van der Waals surface area contributed by atoms with Crippen LogP contribution in [-0.2, 0) is 13.6 Å². The molecule has 0 aliphatic carbocycles. The molecule has 0 bridgehead atoms. The maximum atomic E-state index is 12.5. The molecular formula is C13H22NO3P. The monoisotopic (exact) mass is 271 g/mol. The van der Waals surface area contributed by atoms with E-state index < -0.39 is 13.4 Å². The van der Waals surface area contributed by atoms with Crippen LogP contribution in [0.5, 0.6) is 0 Å². The molecule has 0 aliphatic heterocycles. The summed E-state index contributed by atoms with van der Waals surface area (Å²) in [4.78, 5) is 0. The van der Waals surface area contributed by atoms with Crippen LogP contribution < -0.4 is 5.73 Å². The van der Waals surface area contributed by atoms with Crippen LogP contribution in [0.2, 0.25) is 0 Å². The summed E-state index contributed by atoms with van der Waals surface area (Å²) in [6.45, 7) is 8.20. The third-order valence-corrected chi connectivity index (χ3v) is 5.05. The second-order valence-electron chi connectivity index (χ2n) is 4.16. The molecule has 5 heteroatoms. The molecule has 4 nitrogen and oxygen atoms in total. The normalized spacial score (nSPS) is 13.6. The molecule has 0 unspecified atom stereocenters. The molecule has 1 rings (SSSR count). The molecule has 1 aromatic rings. The number of hydrogen-bond donors (Lipinski definition) is 1. The molecule has 0 radical (unpaired) electrons. The Labute approximate surface area is 109 Å². The van der Waals surface area contributed by atoms with E-state index in [1.807, 2.05) is 32.0 Å². The number of hydrogen-bond acceptors (Lipinski definition) is 4. The number of aryl methyl sites for hydroxylation is 2. The highest BCUT2D eigenvalue weighted by molar-refractivity contribution is 7.54. The van der Waals surface area contributed by atoms with Gasteiger partial charge in [-0.1, -0.05) is 18.2 Å². The molecule has 1 aromatic carbocycles. The minimum absolute atomic E-state index is 0.315. The molecule has 0 spiro atoms. The van der Waals surface area contributed by atoms with E-state index in [1.54, 1.807) is 13.8 Å². The van der Waals surface area contributed by atoms with E-state index in [9.17, 15) is 4.57 Å². The van der Waals surface area contributed by atoms with Crippen LogP contribution in [0.4, 0.5) is 0 Å². The van der Waals surface area contributed by atoms with Crippen LogP contribution in [0.1, 0.15) is 36.3 Å². The number of rotatable bonds is 6. The van der Waals surface area contributed by atoms with Gasteiger partial charge in [0.1, 0.15) is 5.78 Å². The lowest BCUT2D eigenvalue weighted by Gasteiger charge is -2.23. The first kappa shape index (κ1) is 15.4. The van der Waals surface area contributed by atoms with Crippen LogP contribution >= 0.6 is 7.60 Å². The molecule has 0 saturated heterocycles. The lowest BCUT2D eigenvalue weighted by Crippen LogP contribution is -2.15. The van der Waals surface area contributed by atoms with Gasteiger partial charge in [-0.15, -0.1) is 0 Å². The van der Waals surface area contributed by atoms with E-state index in [1.165, 1.54) is 5.56 Å². The minimum Gasteiger partial charge on any atom is -0.314 e. The first-order chi connectivity index (χ1) is 8.44. The maximum absolute atomic E-state index is 12.5. The summed E-state index contributed by atoms with van der Waals surface area (Å²) < 4.78 is 23.1. The van der Waals surface area contributed by atoms with Gasteiger partial charge in [0.25, 0.3) is 0 Å². The Morgan fingerprint density at radius 3 is 2.17 bits per heavy atom. The Bertz CT molecular complexity index is 438. The van der Waals surface area contributed by atoms with Crippen molar-refractivity contribution in [3.63, 3.8) is 0 Å². The first-order valence-electron chi connectivity index (χ1n) is 6.16. The molecule has 1 atom stereocenters. The van der Waals surface area contributed by atoms with E-state index >= 15 is 0 Å². The van der Waals surface area contributed by atoms with E-state index in [-0.39, 0.29) is 0 Å². The zero-order chi connectivity index (χ0) is 13.8. The van der Waals surface area contributed by atoms with Crippen LogP contribution in [-0.4, -0.2) is 13.2 Å². The third kappa shape index (κ3) is 3.42. The van der Waals surface area contributed by atoms with Crippen molar-refractivity contribution < 1.29 is 13.6 Å². The summed E-state index contributed by atoms with van der Waals surface area (Å²) in [7, 11) is -3.29. The standard InChI is InChI=1S/C13H22NO3P/c1-5-16-18(15,17-6-2)13(14)12-8-7-10(3)11(4)9-12/h7-9,13H,5-6,14H2,1-4H3/t13-/m1/s1. The van der Waals surface area contributed by atoms with Crippen LogP contribution in [0.25, 0.3) is 0 Å². The summed E-state index contributed by atoms with van der Waals surface area (Å²) in [6.07, 6.45) is 0. The van der Waals surface area contributed by atoms with Gasteiger partial charge in [-0.25, -0.2) is 0 Å². The summed E-state index contributed by atoms with van der Waals surface area (Å²) >= 11 is 0. The van der Waals surface area contributed by atoms with E-state index in [0.29, 0.717) is 13.2 Å². The molecule has 0 aliphatic rings. The van der Waals surface area contributed by atoms with Gasteiger partial charge in [-0.3, -0.25) is 4.57 Å². The van der Waals surface area contributed by atoms with Crippen molar-refractivity contribution in [2.45, 2.75) is 33.5 Å². The van der Waals surface area contributed by atoms with Gasteiger partial charge in [0.15, 0.2) is 0 Å². The van der Waals surface area contributed by atoms with Gasteiger partial charge < -0.3 is 14.8 Å². The molecule has 102 valence electrons. The van der Waals surface area contributed by atoms with E-state index in [2.05, 4.69) is 0 Å². The maximum Gasteiger partial charge on any atom is 0.351 e. The summed E-state index contributed by atoms with van der Waals surface area (Å²) in [5.74, 6) is -0.739. The Morgan fingerprint density at radius 1 is 1.17 bits per heavy atom. The highest BCUT2D eigenvalue weighted by Gasteiger charge is 2.33. The zero-order valence-electron chi connectivity index (χ0n) is 11.5. The van der Waals surface area contributed by atoms with Crippen molar-refractivity contribution in [2.75, 3.05) is 13.2 Å². The molecule has 0 heterocycles.